The Morgan fingerprint density at radius 1 is 1.17 bits per heavy atom. The predicted octanol–water partition coefficient (Wildman–Crippen LogP) is 3.82. The number of hydrogen-bond acceptors (Lipinski definition) is 2. The fraction of sp³-hybridized carbons (Fsp3) is 0.350. The molecular formula is C20H23NO2. The van der Waals surface area contributed by atoms with E-state index in [-0.39, 0.29) is 11.9 Å². The largest absolute Gasteiger partial charge is 0.497 e. The topological polar surface area (TPSA) is 38.3 Å². The van der Waals surface area contributed by atoms with Crippen LogP contribution in [-0.2, 0) is 17.6 Å². The molecule has 0 fully saturated rings. The van der Waals surface area contributed by atoms with Gasteiger partial charge in [0.05, 0.1) is 13.2 Å². The standard InChI is InChI=1S/C20H23NO2/c1-23-17-12-9-15(10-13-17)11-14-20(22)21-19-8-4-6-16-5-2-3-7-18(16)19/h2-3,5,7,9-10,12-13,19H,4,6,8,11,14H2,1H3,(H,21,22)/t19-/m0/s1. The van der Waals surface area contributed by atoms with Crippen molar-refractivity contribution in [3.8, 4) is 5.75 Å². The fourth-order valence-corrected chi connectivity index (χ4v) is 3.22. The lowest BCUT2D eigenvalue weighted by Crippen LogP contribution is -2.31. The Morgan fingerprint density at radius 2 is 1.96 bits per heavy atom. The number of aryl methyl sites for hydroxylation is 2. The maximum absolute atomic E-state index is 12.3. The van der Waals surface area contributed by atoms with E-state index in [0.717, 1.165) is 37.0 Å². The molecule has 23 heavy (non-hydrogen) atoms. The Kier molecular flexibility index (Phi) is 4.96. The third kappa shape index (κ3) is 3.92. The Morgan fingerprint density at radius 3 is 2.74 bits per heavy atom. The molecule has 3 nitrogen and oxygen atoms in total. The molecule has 1 aliphatic carbocycles. The number of carbonyl (C=O) groups excluding carboxylic acids is 1. The van der Waals surface area contributed by atoms with Crippen LogP contribution in [0.3, 0.4) is 0 Å². The molecule has 0 heterocycles. The number of methoxy groups -OCH3 is 1. The lowest BCUT2D eigenvalue weighted by Gasteiger charge is -2.26. The van der Waals surface area contributed by atoms with Gasteiger partial charge in [-0.3, -0.25) is 4.79 Å². The highest BCUT2D eigenvalue weighted by molar-refractivity contribution is 5.76. The highest BCUT2D eigenvalue weighted by Crippen LogP contribution is 2.29. The van der Waals surface area contributed by atoms with Gasteiger partial charge in [0.2, 0.25) is 5.91 Å². The normalized spacial score (nSPS) is 16.5. The highest BCUT2D eigenvalue weighted by Gasteiger charge is 2.21. The van der Waals surface area contributed by atoms with Gasteiger partial charge in [-0.1, -0.05) is 36.4 Å². The molecule has 0 bridgehead atoms. The number of nitrogens with one attached hydrogen (secondary N) is 1. The van der Waals surface area contributed by atoms with E-state index in [1.807, 2.05) is 24.3 Å². The van der Waals surface area contributed by atoms with Crippen LogP contribution in [0.4, 0.5) is 0 Å². The first-order valence-electron chi connectivity index (χ1n) is 8.26. The zero-order valence-corrected chi connectivity index (χ0v) is 13.5. The lowest BCUT2D eigenvalue weighted by atomic mass is 9.87. The summed E-state index contributed by atoms with van der Waals surface area (Å²) in [5.41, 5.74) is 3.82. The van der Waals surface area contributed by atoms with Crippen molar-refractivity contribution in [3.63, 3.8) is 0 Å². The zero-order valence-electron chi connectivity index (χ0n) is 13.5. The molecule has 0 unspecified atom stereocenters. The molecule has 0 spiro atoms. The first-order valence-corrected chi connectivity index (χ1v) is 8.26. The van der Waals surface area contributed by atoms with Crippen molar-refractivity contribution >= 4 is 5.91 Å². The molecule has 1 atom stereocenters. The predicted molar refractivity (Wildman–Crippen MR) is 91.6 cm³/mol. The molecule has 1 N–H and O–H groups in total. The van der Waals surface area contributed by atoms with E-state index >= 15 is 0 Å². The molecular weight excluding hydrogens is 286 g/mol. The number of fused-ring (bicyclic) bond motifs is 1. The molecule has 2 aromatic carbocycles. The van der Waals surface area contributed by atoms with Crippen LogP contribution in [-0.4, -0.2) is 13.0 Å². The average Bonchev–Trinajstić information content (AvgIpc) is 2.61. The number of benzene rings is 2. The minimum absolute atomic E-state index is 0.127. The number of amides is 1. The Bertz CT molecular complexity index is 664. The molecule has 0 aliphatic heterocycles. The number of hydrogen-bond donors (Lipinski definition) is 1. The van der Waals surface area contributed by atoms with E-state index in [4.69, 9.17) is 4.74 Å². The van der Waals surface area contributed by atoms with Gasteiger partial charge < -0.3 is 10.1 Å². The second-order valence-corrected chi connectivity index (χ2v) is 6.06. The van der Waals surface area contributed by atoms with Crippen molar-refractivity contribution in [1.82, 2.24) is 5.32 Å². The van der Waals surface area contributed by atoms with Crippen molar-refractivity contribution in [1.29, 1.82) is 0 Å². The van der Waals surface area contributed by atoms with Crippen molar-refractivity contribution in [2.75, 3.05) is 7.11 Å². The first kappa shape index (κ1) is 15.6. The summed E-state index contributed by atoms with van der Waals surface area (Å²) >= 11 is 0. The van der Waals surface area contributed by atoms with Crippen LogP contribution >= 0.6 is 0 Å². The SMILES string of the molecule is COc1ccc(CCC(=O)N[C@H]2CCCc3ccccc32)cc1. The molecule has 0 aromatic heterocycles. The summed E-state index contributed by atoms with van der Waals surface area (Å²) in [5.74, 6) is 0.972. The summed E-state index contributed by atoms with van der Waals surface area (Å²) in [6.45, 7) is 0. The summed E-state index contributed by atoms with van der Waals surface area (Å²) in [6.07, 6.45) is 4.56. The zero-order chi connectivity index (χ0) is 16.1. The smallest absolute Gasteiger partial charge is 0.220 e. The van der Waals surface area contributed by atoms with E-state index in [0.29, 0.717) is 6.42 Å². The van der Waals surface area contributed by atoms with Crippen LogP contribution in [0.1, 0.15) is 42.0 Å². The second-order valence-electron chi connectivity index (χ2n) is 6.06. The third-order valence-corrected chi connectivity index (χ3v) is 4.50. The van der Waals surface area contributed by atoms with Gasteiger partial charge in [0.1, 0.15) is 5.75 Å². The van der Waals surface area contributed by atoms with Crippen LogP contribution in [0.2, 0.25) is 0 Å². The van der Waals surface area contributed by atoms with Gasteiger partial charge in [0, 0.05) is 6.42 Å². The Labute approximate surface area is 137 Å². The van der Waals surface area contributed by atoms with Gasteiger partial charge in [-0.2, -0.15) is 0 Å². The lowest BCUT2D eigenvalue weighted by molar-refractivity contribution is -0.121. The van der Waals surface area contributed by atoms with Crippen molar-refractivity contribution < 1.29 is 9.53 Å². The van der Waals surface area contributed by atoms with Gasteiger partial charge in [-0.05, 0) is 54.5 Å². The van der Waals surface area contributed by atoms with Gasteiger partial charge >= 0.3 is 0 Å². The second kappa shape index (κ2) is 7.32. The summed E-state index contributed by atoms with van der Waals surface area (Å²) < 4.78 is 5.15. The van der Waals surface area contributed by atoms with E-state index in [1.54, 1.807) is 7.11 Å². The molecule has 1 amide bonds. The monoisotopic (exact) mass is 309 g/mol. The van der Waals surface area contributed by atoms with Crippen molar-refractivity contribution in [2.24, 2.45) is 0 Å². The fourth-order valence-electron chi connectivity index (χ4n) is 3.22. The summed E-state index contributed by atoms with van der Waals surface area (Å²) in [7, 11) is 1.66. The highest BCUT2D eigenvalue weighted by atomic mass is 16.5. The Hall–Kier alpha value is -2.29. The number of carbonyl (C=O) groups is 1. The van der Waals surface area contributed by atoms with Crippen LogP contribution in [0.15, 0.2) is 48.5 Å². The maximum atomic E-state index is 12.3. The molecule has 2 aromatic rings. The van der Waals surface area contributed by atoms with Crippen LogP contribution < -0.4 is 10.1 Å². The van der Waals surface area contributed by atoms with E-state index in [9.17, 15) is 4.79 Å². The molecule has 0 saturated carbocycles. The van der Waals surface area contributed by atoms with Gasteiger partial charge in [0.15, 0.2) is 0 Å². The molecule has 3 heteroatoms. The van der Waals surface area contributed by atoms with Gasteiger partial charge in [-0.15, -0.1) is 0 Å². The summed E-state index contributed by atoms with van der Waals surface area (Å²) in [6, 6.07) is 16.5. The molecule has 0 radical (unpaired) electrons. The van der Waals surface area contributed by atoms with Gasteiger partial charge in [0.25, 0.3) is 0 Å². The summed E-state index contributed by atoms with van der Waals surface area (Å²) in [4.78, 5) is 12.3. The summed E-state index contributed by atoms with van der Waals surface area (Å²) in [5, 5.41) is 3.20. The van der Waals surface area contributed by atoms with Crippen molar-refractivity contribution in [2.45, 2.75) is 38.1 Å². The minimum atomic E-state index is 0.127. The molecule has 0 saturated heterocycles. The van der Waals surface area contributed by atoms with Crippen LogP contribution in [0.5, 0.6) is 5.75 Å². The van der Waals surface area contributed by atoms with Gasteiger partial charge in [-0.25, -0.2) is 0 Å². The Balaban J connectivity index is 1.55. The van der Waals surface area contributed by atoms with E-state index < -0.39 is 0 Å². The number of rotatable bonds is 5. The number of ether oxygens (including phenoxy) is 1. The molecule has 1 aliphatic rings. The first-order chi connectivity index (χ1) is 11.3. The third-order valence-electron chi connectivity index (χ3n) is 4.50. The molecule has 120 valence electrons. The van der Waals surface area contributed by atoms with E-state index in [2.05, 4.69) is 29.6 Å². The van der Waals surface area contributed by atoms with E-state index in [1.165, 1.54) is 11.1 Å². The average molecular weight is 309 g/mol. The van der Waals surface area contributed by atoms with Crippen molar-refractivity contribution in [3.05, 3.63) is 65.2 Å². The van der Waals surface area contributed by atoms with Crippen LogP contribution in [0, 0.1) is 0 Å². The quantitative estimate of drug-likeness (QED) is 0.912. The van der Waals surface area contributed by atoms with Crippen LogP contribution in [0.25, 0.3) is 0 Å². The maximum Gasteiger partial charge on any atom is 0.220 e. The minimum Gasteiger partial charge on any atom is -0.497 e. The molecule has 3 rings (SSSR count).